The maximum Gasteiger partial charge on any atom is 0.250 e. The van der Waals surface area contributed by atoms with E-state index in [1.165, 1.54) is 38.5 Å². The van der Waals surface area contributed by atoms with Crippen LogP contribution >= 0.6 is 0 Å². The van der Waals surface area contributed by atoms with Crippen molar-refractivity contribution in [2.24, 2.45) is 5.10 Å². The molecule has 0 aliphatic carbocycles. The van der Waals surface area contributed by atoms with Crippen LogP contribution < -0.4 is 24.7 Å². The minimum Gasteiger partial charge on any atom is -0.493 e. The number of anilines is 3. The van der Waals surface area contributed by atoms with E-state index < -0.39 is 0 Å². The molecule has 194 valence electrons. The molecule has 3 aromatic rings. The molecule has 9 heteroatoms. The molecule has 2 aliphatic rings. The summed E-state index contributed by atoms with van der Waals surface area (Å²) < 4.78 is 11.5. The van der Waals surface area contributed by atoms with Crippen LogP contribution in [0.2, 0.25) is 0 Å². The standard InChI is InChI=1S/C28H35N7O2/c1-36-25-19-23(13-14-24(25)37-21-22-11-5-2-6-12-22)20-29-33-26-30-27(34-15-7-3-8-16-34)32-28(31-26)35-17-9-4-10-18-35/h2,5-6,11-14,19-20H,3-4,7-10,15-18,21H2,1H3,(H,30,31,32,33)/b29-20-. The molecule has 0 saturated carbocycles. The van der Waals surface area contributed by atoms with E-state index in [2.05, 4.69) is 20.3 Å². The summed E-state index contributed by atoms with van der Waals surface area (Å²) in [6.07, 6.45) is 8.91. The lowest BCUT2D eigenvalue weighted by atomic mass is 10.1. The minimum absolute atomic E-state index is 0.460. The minimum atomic E-state index is 0.460. The van der Waals surface area contributed by atoms with Crippen LogP contribution in [0.4, 0.5) is 17.8 Å². The predicted molar refractivity (Wildman–Crippen MR) is 147 cm³/mol. The SMILES string of the molecule is COc1cc(/C=N\Nc2nc(N3CCCCC3)nc(N3CCCCC3)n2)ccc1OCc1ccccc1. The molecule has 0 radical (unpaired) electrons. The lowest BCUT2D eigenvalue weighted by molar-refractivity contribution is 0.284. The first-order valence-corrected chi connectivity index (χ1v) is 13.2. The third-order valence-electron chi connectivity index (χ3n) is 6.69. The van der Waals surface area contributed by atoms with E-state index >= 15 is 0 Å². The maximum absolute atomic E-state index is 5.96. The molecule has 0 unspecified atom stereocenters. The Kier molecular flexibility index (Phi) is 8.30. The number of hydrogen-bond acceptors (Lipinski definition) is 9. The molecule has 1 N–H and O–H groups in total. The molecule has 0 bridgehead atoms. The number of benzene rings is 2. The van der Waals surface area contributed by atoms with Crippen LogP contribution in [-0.2, 0) is 6.61 Å². The average Bonchev–Trinajstić information content (AvgIpc) is 2.97. The molecular weight excluding hydrogens is 466 g/mol. The Morgan fingerprint density at radius 2 is 1.46 bits per heavy atom. The van der Waals surface area contributed by atoms with Crippen LogP contribution in [0.3, 0.4) is 0 Å². The van der Waals surface area contributed by atoms with E-state index in [1.54, 1.807) is 13.3 Å². The van der Waals surface area contributed by atoms with Gasteiger partial charge in [-0.2, -0.15) is 20.1 Å². The summed E-state index contributed by atoms with van der Waals surface area (Å²) in [4.78, 5) is 18.7. The highest BCUT2D eigenvalue weighted by Gasteiger charge is 2.20. The van der Waals surface area contributed by atoms with Gasteiger partial charge in [-0.1, -0.05) is 30.3 Å². The highest BCUT2D eigenvalue weighted by molar-refractivity contribution is 5.81. The lowest BCUT2D eigenvalue weighted by Gasteiger charge is -2.30. The van der Waals surface area contributed by atoms with Crippen molar-refractivity contribution in [3.63, 3.8) is 0 Å². The maximum atomic E-state index is 5.96. The Morgan fingerprint density at radius 3 is 2.08 bits per heavy atom. The van der Waals surface area contributed by atoms with Crippen LogP contribution in [0.5, 0.6) is 11.5 Å². The van der Waals surface area contributed by atoms with Crippen LogP contribution in [0.1, 0.15) is 49.7 Å². The van der Waals surface area contributed by atoms with Gasteiger partial charge in [-0.05, 0) is 67.9 Å². The molecule has 2 aromatic carbocycles. The Balaban J connectivity index is 1.29. The quantitative estimate of drug-likeness (QED) is 0.328. The first-order valence-electron chi connectivity index (χ1n) is 13.2. The van der Waals surface area contributed by atoms with Crippen molar-refractivity contribution in [1.29, 1.82) is 0 Å². The number of nitrogens with zero attached hydrogens (tertiary/aromatic N) is 6. The number of ether oxygens (including phenoxy) is 2. The largest absolute Gasteiger partial charge is 0.493 e. The average molecular weight is 502 g/mol. The molecule has 2 saturated heterocycles. The molecule has 0 spiro atoms. The third-order valence-corrected chi connectivity index (χ3v) is 6.69. The second-order valence-corrected chi connectivity index (χ2v) is 9.41. The number of piperidine rings is 2. The van der Waals surface area contributed by atoms with Gasteiger partial charge < -0.3 is 19.3 Å². The van der Waals surface area contributed by atoms with E-state index in [0.29, 0.717) is 24.1 Å². The molecule has 37 heavy (non-hydrogen) atoms. The van der Waals surface area contributed by atoms with Crippen LogP contribution in [-0.4, -0.2) is 54.5 Å². The van der Waals surface area contributed by atoms with Gasteiger partial charge in [0.2, 0.25) is 17.8 Å². The van der Waals surface area contributed by atoms with Gasteiger partial charge in [0, 0.05) is 26.2 Å². The summed E-state index contributed by atoms with van der Waals surface area (Å²) in [6, 6.07) is 15.8. The van der Waals surface area contributed by atoms with Crippen molar-refractivity contribution in [3.8, 4) is 11.5 Å². The molecular formula is C28H35N7O2. The van der Waals surface area contributed by atoms with Gasteiger partial charge in [-0.25, -0.2) is 5.43 Å². The summed E-state index contributed by atoms with van der Waals surface area (Å²) in [7, 11) is 1.64. The van der Waals surface area contributed by atoms with E-state index in [-0.39, 0.29) is 0 Å². The molecule has 2 fully saturated rings. The topological polar surface area (TPSA) is 88.0 Å². The number of hydrazone groups is 1. The molecule has 0 atom stereocenters. The normalized spacial score (nSPS) is 16.1. The Hall–Kier alpha value is -3.88. The second-order valence-electron chi connectivity index (χ2n) is 9.41. The van der Waals surface area contributed by atoms with Crippen molar-refractivity contribution in [2.75, 3.05) is 48.5 Å². The predicted octanol–water partition coefficient (Wildman–Crippen LogP) is 4.89. The van der Waals surface area contributed by atoms with Crippen molar-refractivity contribution in [2.45, 2.75) is 45.1 Å². The molecule has 1 aromatic heterocycles. The van der Waals surface area contributed by atoms with Crippen LogP contribution in [0, 0.1) is 0 Å². The lowest BCUT2D eigenvalue weighted by Crippen LogP contribution is -2.34. The number of hydrogen-bond donors (Lipinski definition) is 1. The van der Waals surface area contributed by atoms with E-state index in [4.69, 9.17) is 24.4 Å². The first-order chi connectivity index (χ1) is 18.3. The van der Waals surface area contributed by atoms with Gasteiger partial charge >= 0.3 is 0 Å². The first kappa shape index (κ1) is 24.8. The molecule has 3 heterocycles. The Bertz CT molecular complexity index is 1140. The fraction of sp³-hybridized carbons (Fsp3) is 0.429. The third kappa shape index (κ3) is 6.67. The van der Waals surface area contributed by atoms with Crippen molar-refractivity contribution >= 4 is 24.1 Å². The monoisotopic (exact) mass is 501 g/mol. The van der Waals surface area contributed by atoms with Crippen LogP contribution in [0.25, 0.3) is 0 Å². The second kappa shape index (κ2) is 12.4. The highest BCUT2D eigenvalue weighted by Crippen LogP contribution is 2.28. The van der Waals surface area contributed by atoms with E-state index in [0.717, 1.165) is 49.2 Å². The van der Waals surface area contributed by atoms with Gasteiger partial charge in [0.05, 0.1) is 13.3 Å². The zero-order chi connectivity index (χ0) is 25.3. The van der Waals surface area contributed by atoms with Gasteiger partial charge in [-0.15, -0.1) is 0 Å². The Labute approximate surface area is 218 Å². The fourth-order valence-electron chi connectivity index (χ4n) is 4.66. The van der Waals surface area contributed by atoms with Crippen molar-refractivity contribution in [3.05, 3.63) is 59.7 Å². The summed E-state index contributed by atoms with van der Waals surface area (Å²) in [5, 5.41) is 4.42. The molecule has 0 amide bonds. The zero-order valence-corrected chi connectivity index (χ0v) is 21.5. The zero-order valence-electron chi connectivity index (χ0n) is 21.5. The smallest absolute Gasteiger partial charge is 0.250 e. The summed E-state index contributed by atoms with van der Waals surface area (Å²) in [6.45, 7) is 4.38. The van der Waals surface area contributed by atoms with Crippen LogP contribution in [0.15, 0.2) is 53.6 Å². The number of nitrogens with one attached hydrogen (secondary N) is 1. The molecule has 5 rings (SSSR count). The van der Waals surface area contributed by atoms with Gasteiger partial charge in [0.15, 0.2) is 11.5 Å². The fourth-order valence-corrected chi connectivity index (χ4v) is 4.66. The van der Waals surface area contributed by atoms with Crippen molar-refractivity contribution < 1.29 is 9.47 Å². The molecule has 2 aliphatic heterocycles. The molecule has 9 nitrogen and oxygen atoms in total. The Morgan fingerprint density at radius 1 is 0.811 bits per heavy atom. The highest BCUT2D eigenvalue weighted by atomic mass is 16.5. The van der Waals surface area contributed by atoms with E-state index in [1.807, 2.05) is 48.5 Å². The number of aromatic nitrogens is 3. The summed E-state index contributed by atoms with van der Waals surface area (Å²) in [5.74, 6) is 3.26. The number of methoxy groups -OCH3 is 1. The summed E-state index contributed by atoms with van der Waals surface area (Å²) >= 11 is 0. The van der Waals surface area contributed by atoms with Gasteiger partial charge in [-0.3, -0.25) is 0 Å². The number of rotatable bonds is 9. The summed E-state index contributed by atoms with van der Waals surface area (Å²) in [5.41, 5.74) is 5.01. The van der Waals surface area contributed by atoms with Crippen molar-refractivity contribution in [1.82, 2.24) is 15.0 Å². The van der Waals surface area contributed by atoms with Gasteiger partial charge in [0.25, 0.3) is 0 Å². The van der Waals surface area contributed by atoms with Gasteiger partial charge in [0.1, 0.15) is 6.61 Å². The van der Waals surface area contributed by atoms with E-state index in [9.17, 15) is 0 Å².